The van der Waals surface area contributed by atoms with Crippen molar-refractivity contribution in [1.82, 2.24) is 10.6 Å². The molecule has 2 heteroatoms. The van der Waals surface area contributed by atoms with Gasteiger partial charge in [-0.2, -0.15) is 0 Å². The van der Waals surface area contributed by atoms with Gasteiger partial charge in [-0.25, -0.2) is 0 Å². The Bertz CT molecular complexity index is 384. The fraction of sp³-hybridized carbons (Fsp3) is 0.625. The molecule has 0 radical (unpaired) electrons. The molecule has 1 aliphatic heterocycles. The average molecular weight is 244 g/mol. The number of nitrogens with one attached hydrogen (secondary N) is 2. The minimum absolute atomic E-state index is 0.551. The molecule has 98 valence electrons. The third-order valence-electron chi connectivity index (χ3n) is 4.23. The molecular weight excluding hydrogens is 220 g/mol. The van der Waals surface area contributed by atoms with Crippen molar-refractivity contribution in [3.8, 4) is 0 Å². The monoisotopic (exact) mass is 244 g/mol. The molecule has 2 N–H and O–H groups in total. The SMILES string of the molecule is c1ccc2c(c1)CNCCC2NCCCC1CC1. The second-order valence-corrected chi connectivity index (χ2v) is 5.76. The lowest BCUT2D eigenvalue weighted by molar-refractivity contribution is 0.479. The highest BCUT2D eigenvalue weighted by molar-refractivity contribution is 5.30. The molecule has 1 heterocycles. The molecule has 1 atom stereocenters. The van der Waals surface area contributed by atoms with Gasteiger partial charge in [0.25, 0.3) is 0 Å². The molecule has 1 aromatic carbocycles. The van der Waals surface area contributed by atoms with Crippen LogP contribution in [0.3, 0.4) is 0 Å². The van der Waals surface area contributed by atoms with E-state index in [2.05, 4.69) is 34.9 Å². The Balaban J connectivity index is 1.56. The Morgan fingerprint density at radius 1 is 1.17 bits per heavy atom. The molecule has 2 aliphatic rings. The predicted octanol–water partition coefficient (Wildman–Crippen LogP) is 3.00. The van der Waals surface area contributed by atoms with E-state index in [1.807, 2.05) is 0 Å². The van der Waals surface area contributed by atoms with Crippen LogP contribution in [-0.2, 0) is 6.54 Å². The summed E-state index contributed by atoms with van der Waals surface area (Å²) in [6, 6.07) is 9.42. The van der Waals surface area contributed by atoms with Gasteiger partial charge < -0.3 is 10.6 Å². The predicted molar refractivity (Wildman–Crippen MR) is 75.5 cm³/mol. The van der Waals surface area contributed by atoms with Crippen LogP contribution in [0, 0.1) is 5.92 Å². The van der Waals surface area contributed by atoms with Crippen molar-refractivity contribution < 1.29 is 0 Å². The number of rotatable bonds is 5. The van der Waals surface area contributed by atoms with Gasteiger partial charge in [-0.3, -0.25) is 0 Å². The summed E-state index contributed by atoms with van der Waals surface area (Å²) < 4.78 is 0. The van der Waals surface area contributed by atoms with Crippen molar-refractivity contribution in [2.45, 2.75) is 44.7 Å². The lowest BCUT2D eigenvalue weighted by Crippen LogP contribution is -2.24. The molecule has 1 aromatic rings. The van der Waals surface area contributed by atoms with Crippen LogP contribution in [0.2, 0.25) is 0 Å². The first-order valence-corrected chi connectivity index (χ1v) is 7.45. The summed E-state index contributed by atoms with van der Waals surface area (Å²) in [5.41, 5.74) is 2.98. The molecule has 1 unspecified atom stereocenters. The molecule has 3 rings (SSSR count). The first kappa shape index (κ1) is 12.2. The van der Waals surface area contributed by atoms with Gasteiger partial charge in [-0.1, -0.05) is 37.1 Å². The Labute approximate surface area is 110 Å². The van der Waals surface area contributed by atoms with Gasteiger partial charge in [0, 0.05) is 12.6 Å². The molecule has 2 nitrogen and oxygen atoms in total. The lowest BCUT2D eigenvalue weighted by atomic mass is 9.99. The fourth-order valence-electron chi connectivity index (χ4n) is 2.95. The maximum absolute atomic E-state index is 3.76. The Kier molecular flexibility index (Phi) is 3.96. The number of hydrogen-bond donors (Lipinski definition) is 2. The van der Waals surface area contributed by atoms with Crippen LogP contribution in [0.25, 0.3) is 0 Å². The van der Waals surface area contributed by atoms with Gasteiger partial charge in [0.05, 0.1) is 0 Å². The molecule has 1 fully saturated rings. The van der Waals surface area contributed by atoms with Gasteiger partial charge in [-0.05, 0) is 49.4 Å². The fourth-order valence-corrected chi connectivity index (χ4v) is 2.95. The van der Waals surface area contributed by atoms with Crippen LogP contribution in [-0.4, -0.2) is 13.1 Å². The smallest absolute Gasteiger partial charge is 0.0335 e. The first-order valence-electron chi connectivity index (χ1n) is 7.45. The summed E-state index contributed by atoms with van der Waals surface area (Å²) in [5, 5.41) is 7.27. The quantitative estimate of drug-likeness (QED) is 0.778. The van der Waals surface area contributed by atoms with Crippen molar-refractivity contribution in [3.05, 3.63) is 35.4 Å². The number of fused-ring (bicyclic) bond motifs is 1. The Morgan fingerprint density at radius 2 is 2.06 bits per heavy atom. The topological polar surface area (TPSA) is 24.1 Å². The minimum Gasteiger partial charge on any atom is -0.313 e. The molecular formula is C16H24N2. The summed E-state index contributed by atoms with van der Waals surface area (Å²) >= 11 is 0. The van der Waals surface area contributed by atoms with Gasteiger partial charge in [0.2, 0.25) is 0 Å². The van der Waals surface area contributed by atoms with E-state index >= 15 is 0 Å². The summed E-state index contributed by atoms with van der Waals surface area (Å²) in [6.45, 7) is 3.32. The van der Waals surface area contributed by atoms with E-state index < -0.39 is 0 Å². The summed E-state index contributed by atoms with van der Waals surface area (Å²) in [7, 11) is 0. The van der Waals surface area contributed by atoms with Crippen LogP contribution in [0.5, 0.6) is 0 Å². The largest absolute Gasteiger partial charge is 0.313 e. The summed E-state index contributed by atoms with van der Waals surface area (Å²) in [4.78, 5) is 0. The maximum atomic E-state index is 3.76. The van der Waals surface area contributed by atoms with Gasteiger partial charge in [0.1, 0.15) is 0 Å². The second kappa shape index (κ2) is 5.85. The van der Waals surface area contributed by atoms with Crippen molar-refractivity contribution in [1.29, 1.82) is 0 Å². The van der Waals surface area contributed by atoms with Crippen molar-refractivity contribution in [2.24, 2.45) is 5.92 Å². The van der Waals surface area contributed by atoms with Gasteiger partial charge in [-0.15, -0.1) is 0 Å². The third kappa shape index (κ3) is 3.12. The van der Waals surface area contributed by atoms with E-state index in [1.54, 1.807) is 0 Å². The van der Waals surface area contributed by atoms with Crippen molar-refractivity contribution in [3.63, 3.8) is 0 Å². The van der Waals surface area contributed by atoms with Crippen LogP contribution in [0.15, 0.2) is 24.3 Å². The average Bonchev–Trinajstić information content (AvgIpc) is 3.22. The van der Waals surface area contributed by atoms with E-state index in [4.69, 9.17) is 0 Å². The molecule has 1 aliphatic carbocycles. The highest BCUT2D eigenvalue weighted by Gasteiger charge is 2.21. The normalized spacial score (nSPS) is 23.4. The zero-order valence-corrected chi connectivity index (χ0v) is 11.1. The summed E-state index contributed by atoms with van der Waals surface area (Å²) in [5.74, 6) is 1.06. The van der Waals surface area contributed by atoms with E-state index in [0.717, 1.165) is 19.0 Å². The zero-order chi connectivity index (χ0) is 12.2. The Morgan fingerprint density at radius 3 is 2.94 bits per heavy atom. The van der Waals surface area contributed by atoms with Crippen LogP contribution in [0.4, 0.5) is 0 Å². The van der Waals surface area contributed by atoms with Gasteiger partial charge >= 0.3 is 0 Å². The van der Waals surface area contributed by atoms with Crippen molar-refractivity contribution >= 4 is 0 Å². The molecule has 0 spiro atoms. The van der Waals surface area contributed by atoms with E-state index in [1.165, 1.54) is 49.8 Å². The molecule has 0 amide bonds. The molecule has 0 aromatic heterocycles. The minimum atomic E-state index is 0.551. The number of hydrogen-bond acceptors (Lipinski definition) is 2. The standard InChI is InChI=1S/C16H24N2/c1-2-6-15-14(5-1)12-17-11-9-16(15)18-10-3-4-13-7-8-13/h1-2,5-6,13,16-18H,3-4,7-12H2. The van der Waals surface area contributed by atoms with Gasteiger partial charge in [0.15, 0.2) is 0 Å². The Hall–Kier alpha value is -0.860. The lowest BCUT2D eigenvalue weighted by Gasteiger charge is -2.19. The first-order chi connectivity index (χ1) is 8.93. The second-order valence-electron chi connectivity index (χ2n) is 5.76. The molecule has 18 heavy (non-hydrogen) atoms. The highest BCUT2D eigenvalue weighted by Crippen LogP contribution is 2.33. The summed E-state index contributed by atoms with van der Waals surface area (Å²) in [6.07, 6.45) is 6.95. The van der Waals surface area contributed by atoms with E-state index in [0.29, 0.717) is 6.04 Å². The molecule has 1 saturated carbocycles. The molecule has 0 bridgehead atoms. The maximum Gasteiger partial charge on any atom is 0.0335 e. The van der Waals surface area contributed by atoms with E-state index in [-0.39, 0.29) is 0 Å². The number of benzene rings is 1. The van der Waals surface area contributed by atoms with E-state index in [9.17, 15) is 0 Å². The zero-order valence-electron chi connectivity index (χ0n) is 11.1. The molecule has 0 saturated heterocycles. The van der Waals surface area contributed by atoms with Crippen LogP contribution < -0.4 is 10.6 Å². The highest BCUT2D eigenvalue weighted by atomic mass is 14.9. The van der Waals surface area contributed by atoms with Crippen molar-refractivity contribution in [2.75, 3.05) is 13.1 Å². The van der Waals surface area contributed by atoms with Crippen LogP contribution >= 0.6 is 0 Å². The van der Waals surface area contributed by atoms with Crippen LogP contribution in [0.1, 0.15) is 49.3 Å². The third-order valence-corrected chi connectivity index (χ3v) is 4.23.